The lowest BCUT2D eigenvalue weighted by Gasteiger charge is -2.32. The number of hydrogen-bond acceptors (Lipinski definition) is 4. The maximum atomic E-state index is 6.38. The standard InChI is InChI=1S/C36H21N3O/c1-2-11-24(12-3-1)33-35-34(26-16-6-7-19-30(26)40-35)38-36(37-33)39-28-18-9-14-23-13-8-17-27(31(23)28)32-25-15-5-4-10-22(25)20-21-29(32)39/h1-21H. The third-order valence-corrected chi connectivity index (χ3v) is 8.00. The lowest BCUT2D eigenvalue weighted by atomic mass is 9.88. The Bertz CT molecular complexity index is 2280. The zero-order valence-corrected chi connectivity index (χ0v) is 21.4. The number of anilines is 3. The molecule has 0 saturated carbocycles. The van der Waals surface area contributed by atoms with E-state index in [1.54, 1.807) is 0 Å². The predicted molar refractivity (Wildman–Crippen MR) is 163 cm³/mol. The Labute approximate surface area is 229 Å². The molecule has 1 aliphatic heterocycles. The number of rotatable bonds is 2. The zero-order chi connectivity index (χ0) is 26.2. The van der Waals surface area contributed by atoms with E-state index >= 15 is 0 Å². The van der Waals surface area contributed by atoms with Crippen LogP contribution >= 0.6 is 0 Å². The van der Waals surface area contributed by atoms with E-state index in [1.807, 2.05) is 36.4 Å². The molecule has 4 heteroatoms. The Morgan fingerprint density at radius 1 is 0.550 bits per heavy atom. The van der Waals surface area contributed by atoms with Crippen molar-refractivity contribution in [2.24, 2.45) is 0 Å². The van der Waals surface area contributed by atoms with Crippen LogP contribution < -0.4 is 4.90 Å². The third kappa shape index (κ3) is 2.90. The summed E-state index contributed by atoms with van der Waals surface area (Å²) in [5.41, 5.74) is 8.66. The smallest absolute Gasteiger partial charge is 0.236 e. The van der Waals surface area contributed by atoms with Gasteiger partial charge in [0.1, 0.15) is 16.8 Å². The normalized spacial score (nSPS) is 12.4. The second kappa shape index (κ2) is 8.01. The predicted octanol–water partition coefficient (Wildman–Crippen LogP) is 9.80. The highest BCUT2D eigenvalue weighted by Gasteiger charge is 2.30. The molecule has 0 amide bonds. The summed E-state index contributed by atoms with van der Waals surface area (Å²) in [6.45, 7) is 0. The Balaban J connectivity index is 1.44. The first-order chi connectivity index (χ1) is 19.8. The van der Waals surface area contributed by atoms with Gasteiger partial charge in [-0.1, -0.05) is 103 Å². The monoisotopic (exact) mass is 511 g/mol. The van der Waals surface area contributed by atoms with Crippen LogP contribution in [0, 0.1) is 0 Å². The minimum atomic E-state index is 0.622. The molecule has 0 radical (unpaired) electrons. The van der Waals surface area contributed by atoms with Gasteiger partial charge in [-0.15, -0.1) is 0 Å². The van der Waals surface area contributed by atoms with Crippen LogP contribution in [0.3, 0.4) is 0 Å². The lowest BCUT2D eigenvalue weighted by molar-refractivity contribution is 0.667. The number of furan rings is 1. The average molecular weight is 512 g/mol. The van der Waals surface area contributed by atoms with E-state index in [-0.39, 0.29) is 0 Å². The molecule has 0 unspecified atom stereocenters. The van der Waals surface area contributed by atoms with Crippen molar-refractivity contribution in [1.29, 1.82) is 0 Å². The summed E-state index contributed by atoms with van der Waals surface area (Å²) < 4.78 is 6.38. The first kappa shape index (κ1) is 21.5. The highest BCUT2D eigenvalue weighted by atomic mass is 16.3. The van der Waals surface area contributed by atoms with Gasteiger partial charge in [-0.2, -0.15) is 0 Å². The number of fused-ring (bicyclic) bond motifs is 7. The van der Waals surface area contributed by atoms with Crippen molar-refractivity contribution >= 4 is 60.9 Å². The molecule has 0 saturated heterocycles. The van der Waals surface area contributed by atoms with E-state index in [4.69, 9.17) is 14.4 Å². The lowest BCUT2D eigenvalue weighted by Crippen LogP contribution is -2.18. The van der Waals surface area contributed by atoms with Gasteiger partial charge in [0.25, 0.3) is 0 Å². The summed E-state index contributed by atoms with van der Waals surface area (Å²) in [6, 6.07) is 44.3. The minimum absolute atomic E-state index is 0.622. The zero-order valence-electron chi connectivity index (χ0n) is 21.4. The fraction of sp³-hybridized carbons (Fsp3) is 0. The summed E-state index contributed by atoms with van der Waals surface area (Å²) >= 11 is 0. The topological polar surface area (TPSA) is 42.2 Å². The first-order valence-corrected chi connectivity index (χ1v) is 13.4. The molecule has 9 rings (SSSR count). The second-order valence-corrected chi connectivity index (χ2v) is 10.2. The van der Waals surface area contributed by atoms with Crippen molar-refractivity contribution in [2.45, 2.75) is 0 Å². The van der Waals surface area contributed by atoms with Crippen molar-refractivity contribution in [3.05, 3.63) is 127 Å². The van der Waals surface area contributed by atoms with Crippen LogP contribution in [0.5, 0.6) is 0 Å². The fourth-order valence-electron chi connectivity index (χ4n) is 6.26. The number of nitrogens with zero attached hydrogens (tertiary/aromatic N) is 3. The van der Waals surface area contributed by atoms with Gasteiger partial charge in [-0.05, 0) is 46.0 Å². The number of hydrogen-bond donors (Lipinski definition) is 0. The average Bonchev–Trinajstić information content (AvgIpc) is 3.40. The third-order valence-electron chi connectivity index (χ3n) is 8.00. The summed E-state index contributed by atoms with van der Waals surface area (Å²) in [7, 11) is 0. The molecule has 4 nitrogen and oxygen atoms in total. The quantitative estimate of drug-likeness (QED) is 0.232. The molecule has 0 spiro atoms. The van der Waals surface area contributed by atoms with Gasteiger partial charge in [0.05, 0.1) is 11.4 Å². The van der Waals surface area contributed by atoms with Crippen LogP contribution in [-0.4, -0.2) is 9.97 Å². The van der Waals surface area contributed by atoms with Crippen LogP contribution in [0.15, 0.2) is 132 Å². The molecule has 1 aliphatic rings. The SMILES string of the molecule is c1ccc(-c2nc(N3c4ccc5ccccc5c4-c4cccc5cccc3c45)nc3c2oc2ccccc23)cc1. The van der Waals surface area contributed by atoms with E-state index in [0.29, 0.717) is 11.5 Å². The molecule has 8 aromatic rings. The van der Waals surface area contributed by atoms with Crippen LogP contribution in [0.25, 0.3) is 66.0 Å². The van der Waals surface area contributed by atoms with E-state index < -0.39 is 0 Å². The molecule has 0 N–H and O–H groups in total. The first-order valence-electron chi connectivity index (χ1n) is 13.4. The van der Waals surface area contributed by atoms with E-state index in [1.165, 1.54) is 32.7 Å². The number of benzene rings is 6. The molecule has 186 valence electrons. The molecule has 6 aromatic carbocycles. The van der Waals surface area contributed by atoms with E-state index in [9.17, 15) is 0 Å². The Hall–Kier alpha value is -5.48. The van der Waals surface area contributed by atoms with Gasteiger partial charge >= 0.3 is 0 Å². The Kier molecular flexibility index (Phi) is 4.30. The van der Waals surface area contributed by atoms with Crippen molar-refractivity contribution in [3.8, 4) is 22.4 Å². The highest BCUT2D eigenvalue weighted by Crippen LogP contribution is 2.52. The van der Waals surface area contributed by atoms with Gasteiger partial charge < -0.3 is 4.42 Å². The maximum absolute atomic E-state index is 6.38. The molecular formula is C36H21N3O. The van der Waals surface area contributed by atoms with Gasteiger partial charge in [0.15, 0.2) is 5.58 Å². The van der Waals surface area contributed by atoms with Crippen molar-refractivity contribution in [1.82, 2.24) is 9.97 Å². The molecule has 2 aromatic heterocycles. The molecule has 3 heterocycles. The maximum Gasteiger partial charge on any atom is 0.236 e. The molecule has 0 fully saturated rings. The van der Waals surface area contributed by atoms with Gasteiger partial charge in [-0.25, -0.2) is 9.97 Å². The van der Waals surface area contributed by atoms with Crippen LogP contribution in [0.1, 0.15) is 0 Å². The molecular weight excluding hydrogens is 490 g/mol. The summed E-state index contributed by atoms with van der Waals surface area (Å²) in [5, 5.41) is 5.80. The molecule has 0 aliphatic carbocycles. The van der Waals surface area contributed by atoms with Gasteiger partial charge in [0.2, 0.25) is 5.95 Å². The highest BCUT2D eigenvalue weighted by molar-refractivity contribution is 6.19. The number of para-hydroxylation sites is 1. The summed E-state index contributed by atoms with van der Waals surface area (Å²) in [5.74, 6) is 0.622. The van der Waals surface area contributed by atoms with Crippen molar-refractivity contribution in [3.63, 3.8) is 0 Å². The Morgan fingerprint density at radius 3 is 2.20 bits per heavy atom. The van der Waals surface area contributed by atoms with Crippen LogP contribution in [0.4, 0.5) is 17.3 Å². The van der Waals surface area contributed by atoms with Crippen LogP contribution in [0.2, 0.25) is 0 Å². The number of aromatic nitrogens is 2. The molecule has 40 heavy (non-hydrogen) atoms. The summed E-state index contributed by atoms with van der Waals surface area (Å²) in [6.07, 6.45) is 0. The largest absolute Gasteiger partial charge is 0.452 e. The van der Waals surface area contributed by atoms with Crippen molar-refractivity contribution in [2.75, 3.05) is 4.90 Å². The van der Waals surface area contributed by atoms with Gasteiger partial charge in [-0.3, -0.25) is 4.90 Å². The van der Waals surface area contributed by atoms with Crippen molar-refractivity contribution < 1.29 is 4.42 Å². The Morgan fingerprint density at radius 2 is 1.30 bits per heavy atom. The fourth-order valence-corrected chi connectivity index (χ4v) is 6.26. The molecule has 0 atom stereocenters. The minimum Gasteiger partial charge on any atom is -0.452 e. The molecule has 0 bridgehead atoms. The van der Waals surface area contributed by atoms with Gasteiger partial charge in [0, 0.05) is 21.9 Å². The van der Waals surface area contributed by atoms with E-state index in [0.717, 1.165) is 39.1 Å². The van der Waals surface area contributed by atoms with Crippen LogP contribution in [-0.2, 0) is 0 Å². The second-order valence-electron chi connectivity index (χ2n) is 10.2. The van der Waals surface area contributed by atoms with E-state index in [2.05, 4.69) is 95.9 Å². The summed E-state index contributed by atoms with van der Waals surface area (Å²) in [4.78, 5) is 12.7.